The summed E-state index contributed by atoms with van der Waals surface area (Å²) in [4.78, 5) is 11.3. The zero-order chi connectivity index (χ0) is 22.9. The number of aromatic nitrogens is 2. The Labute approximate surface area is 192 Å². The Balaban J connectivity index is 1.77. The normalized spacial score (nSPS) is 20.7. The second-order valence-corrected chi connectivity index (χ2v) is 8.71. The van der Waals surface area contributed by atoms with Crippen molar-refractivity contribution in [3.05, 3.63) is 64.8 Å². The van der Waals surface area contributed by atoms with E-state index in [0.717, 1.165) is 28.3 Å². The zero-order valence-electron chi connectivity index (χ0n) is 18.5. The Hall–Kier alpha value is -2.83. The molecule has 0 spiro atoms. The molecular formula is C25H27ClN2O4. The van der Waals surface area contributed by atoms with Gasteiger partial charge in [0.2, 0.25) is 0 Å². The number of halogens is 1. The molecule has 1 heterocycles. The molecule has 168 valence electrons. The molecule has 0 radical (unpaired) electrons. The third kappa shape index (κ3) is 4.38. The molecule has 4 rings (SSSR count). The highest BCUT2D eigenvalue weighted by Crippen LogP contribution is 2.44. The standard InChI is InChI=1S/C25H27ClN2O4/c1-16-4-6-18(7-5-16)23-22(26)24(25(30)14-12-21(13-15-25)32-17(2)29)27-28(23)19-8-10-20(31-3)11-9-19/h4-11,21,30H,12-15H2,1-3H3. The van der Waals surface area contributed by atoms with E-state index in [1.165, 1.54) is 6.92 Å². The van der Waals surface area contributed by atoms with Crippen LogP contribution in [0.3, 0.4) is 0 Å². The summed E-state index contributed by atoms with van der Waals surface area (Å²) in [5.41, 5.74) is 2.85. The molecule has 1 aliphatic carbocycles. The highest BCUT2D eigenvalue weighted by molar-refractivity contribution is 6.34. The molecule has 3 aromatic rings. The van der Waals surface area contributed by atoms with Crippen LogP contribution in [0.1, 0.15) is 43.9 Å². The van der Waals surface area contributed by atoms with Gasteiger partial charge in [-0.25, -0.2) is 4.68 Å². The molecule has 1 N–H and O–H groups in total. The van der Waals surface area contributed by atoms with Gasteiger partial charge in [-0.3, -0.25) is 4.79 Å². The maximum atomic E-state index is 11.5. The number of benzene rings is 2. The summed E-state index contributed by atoms with van der Waals surface area (Å²) in [5, 5.41) is 16.7. The predicted octanol–water partition coefficient (Wildman–Crippen LogP) is 5.20. The van der Waals surface area contributed by atoms with Gasteiger partial charge in [-0.1, -0.05) is 41.4 Å². The van der Waals surface area contributed by atoms with Crippen molar-refractivity contribution in [2.24, 2.45) is 0 Å². The second kappa shape index (κ2) is 8.96. The van der Waals surface area contributed by atoms with E-state index in [-0.39, 0.29) is 12.1 Å². The summed E-state index contributed by atoms with van der Waals surface area (Å²) in [6, 6.07) is 15.6. The number of nitrogens with zero attached hydrogens (tertiary/aromatic N) is 2. The minimum absolute atomic E-state index is 0.188. The predicted molar refractivity (Wildman–Crippen MR) is 123 cm³/mol. The van der Waals surface area contributed by atoms with Crippen molar-refractivity contribution in [3.63, 3.8) is 0 Å². The maximum absolute atomic E-state index is 11.5. The van der Waals surface area contributed by atoms with Crippen LogP contribution in [0.15, 0.2) is 48.5 Å². The van der Waals surface area contributed by atoms with Crippen molar-refractivity contribution in [1.29, 1.82) is 0 Å². The SMILES string of the molecule is COc1ccc(-n2nc(C3(O)CCC(OC(C)=O)CC3)c(Cl)c2-c2ccc(C)cc2)cc1. The Morgan fingerprint density at radius 1 is 1.12 bits per heavy atom. The van der Waals surface area contributed by atoms with Crippen LogP contribution in [0.5, 0.6) is 5.75 Å². The molecule has 32 heavy (non-hydrogen) atoms. The quantitative estimate of drug-likeness (QED) is 0.536. The fourth-order valence-electron chi connectivity index (χ4n) is 4.23. The number of methoxy groups -OCH3 is 1. The molecule has 0 aliphatic heterocycles. The third-order valence-corrected chi connectivity index (χ3v) is 6.36. The lowest BCUT2D eigenvalue weighted by Gasteiger charge is -2.34. The molecule has 0 saturated heterocycles. The number of carbonyl (C=O) groups is 1. The van der Waals surface area contributed by atoms with Crippen LogP contribution in [0.4, 0.5) is 0 Å². The number of carbonyl (C=O) groups excluding carboxylic acids is 1. The molecule has 1 fully saturated rings. The molecule has 0 bridgehead atoms. The lowest BCUT2D eigenvalue weighted by Crippen LogP contribution is -2.35. The van der Waals surface area contributed by atoms with E-state index in [1.807, 2.05) is 55.5 Å². The number of hydrogen-bond acceptors (Lipinski definition) is 5. The number of hydrogen-bond donors (Lipinski definition) is 1. The van der Waals surface area contributed by atoms with Crippen molar-refractivity contribution in [2.75, 3.05) is 7.11 Å². The van der Waals surface area contributed by atoms with Crippen molar-refractivity contribution in [2.45, 2.75) is 51.2 Å². The highest BCUT2D eigenvalue weighted by Gasteiger charge is 2.41. The molecule has 7 heteroatoms. The van der Waals surface area contributed by atoms with E-state index in [9.17, 15) is 9.90 Å². The van der Waals surface area contributed by atoms with Gasteiger partial charge in [0.05, 0.1) is 23.5 Å². The summed E-state index contributed by atoms with van der Waals surface area (Å²) >= 11 is 6.90. The van der Waals surface area contributed by atoms with E-state index in [1.54, 1.807) is 11.8 Å². The summed E-state index contributed by atoms with van der Waals surface area (Å²) in [6.45, 7) is 3.43. The van der Waals surface area contributed by atoms with Crippen LogP contribution in [0, 0.1) is 6.92 Å². The average molecular weight is 455 g/mol. The zero-order valence-corrected chi connectivity index (χ0v) is 19.2. The number of aryl methyl sites for hydroxylation is 1. The Bertz CT molecular complexity index is 1100. The van der Waals surface area contributed by atoms with E-state index < -0.39 is 5.60 Å². The van der Waals surface area contributed by atoms with Crippen LogP contribution in [0.2, 0.25) is 5.02 Å². The highest BCUT2D eigenvalue weighted by atomic mass is 35.5. The molecule has 1 aromatic heterocycles. The van der Waals surface area contributed by atoms with Crippen molar-refractivity contribution >= 4 is 17.6 Å². The Morgan fingerprint density at radius 2 is 1.75 bits per heavy atom. The summed E-state index contributed by atoms with van der Waals surface area (Å²) in [7, 11) is 1.62. The van der Waals surface area contributed by atoms with Crippen molar-refractivity contribution < 1.29 is 19.4 Å². The van der Waals surface area contributed by atoms with Crippen LogP contribution >= 0.6 is 11.6 Å². The fraction of sp³-hybridized carbons (Fsp3) is 0.360. The van der Waals surface area contributed by atoms with Gasteiger partial charge >= 0.3 is 5.97 Å². The largest absolute Gasteiger partial charge is 0.497 e. The fourth-order valence-corrected chi connectivity index (χ4v) is 4.63. The monoisotopic (exact) mass is 454 g/mol. The van der Waals surface area contributed by atoms with Crippen molar-refractivity contribution in [1.82, 2.24) is 9.78 Å². The molecule has 1 aliphatic rings. The van der Waals surface area contributed by atoms with E-state index in [2.05, 4.69) is 0 Å². The number of ether oxygens (including phenoxy) is 2. The topological polar surface area (TPSA) is 73.6 Å². The van der Waals surface area contributed by atoms with Gasteiger partial charge < -0.3 is 14.6 Å². The van der Waals surface area contributed by atoms with Crippen LogP contribution in [-0.2, 0) is 15.1 Å². The van der Waals surface area contributed by atoms with E-state index in [0.29, 0.717) is 36.4 Å². The van der Waals surface area contributed by atoms with Crippen LogP contribution in [-0.4, -0.2) is 34.1 Å². The van der Waals surface area contributed by atoms with E-state index in [4.69, 9.17) is 26.2 Å². The van der Waals surface area contributed by atoms with Gasteiger partial charge in [0.1, 0.15) is 23.1 Å². The third-order valence-electron chi connectivity index (χ3n) is 6.00. The number of esters is 1. The maximum Gasteiger partial charge on any atom is 0.302 e. The van der Waals surface area contributed by atoms with Crippen molar-refractivity contribution in [3.8, 4) is 22.7 Å². The van der Waals surface area contributed by atoms with Gasteiger partial charge in [-0.05, 0) is 56.9 Å². The molecule has 0 unspecified atom stereocenters. The molecule has 0 atom stereocenters. The van der Waals surface area contributed by atoms with Gasteiger partial charge in [-0.15, -0.1) is 0 Å². The molecule has 1 saturated carbocycles. The Kier molecular flexibility index (Phi) is 6.26. The number of rotatable bonds is 5. The van der Waals surface area contributed by atoms with Gasteiger partial charge in [0, 0.05) is 12.5 Å². The van der Waals surface area contributed by atoms with Gasteiger partial charge in [-0.2, -0.15) is 5.10 Å². The summed E-state index contributed by atoms with van der Waals surface area (Å²) in [6.07, 6.45) is 1.75. The summed E-state index contributed by atoms with van der Waals surface area (Å²) < 4.78 is 12.4. The average Bonchev–Trinajstić information content (AvgIpc) is 3.14. The summed E-state index contributed by atoms with van der Waals surface area (Å²) in [5.74, 6) is 0.440. The first-order valence-corrected chi connectivity index (χ1v) is 11.1. The van der Waals surface area contributed by atoms with Gasteiger partial charge in [0.15, 0.2) is 0 Å². The molecular weight excluding hydrogens is 428 g/mol. The smallest absolute Gasteiger partial charge is 0.302 e. The second-order valence-electron chi connectivity index (χ2n) is 8.33. The minimum atomic E-state index is -1.19. The molecule has 0 amide bonds. The van der Waals surface area contributed by atoms with Gasteiger partial charge in [0.25, 0.3) is 0 Å². The first-order chi connectivity index (χ1) is 15.3. The minimum Gasteiger partial charge on any atom is -0.497 e. The first-order valence-electron chi connectivity index (χ1n) is 10.7. The lowest BCUT2D eigenvalue weighted by molar-refractivity contribution is -0.151. The number of aliphatic hydroxyl groups is 1. The Morgan fingerprint density at radius 3 is 2.31 bits per heavy atom. The first kappa shape index (κ1) is 22.4. The molecule has 6 nitrogen and oxygen atoms in total. The molecule has 2 aromatic carbocycles. The van der Waals surface area contributed by atoms with Crippen LogP contribution in [0.25, 0.3) is 16.9 Å². The van der Waals surface area contributed by atoms with E-state index >= 15 is 0 Å². The lowest BCUT2D eigenvalue weighted by atomic mass is 9.81. The van der Waals surface area contributed by atoms with Crippen LogP contribution < -0.4 is 4.74 Å².